The number of aromatic nitrogens is 2. The zero-order chi connectivity index (χ0) is 10.6. The fourth-order valence-electron chi connectivity index (χ4n) is 1.23. The van der Waals surface area contributed by atoms with Crippen LogP contribution >= 0.6 is 11.6 Å². The summed E-state index contributed by atoms with van der Waals surface area (Å²) in [6.45, 7) is 5.07. The number of rotatable bonds is 5. The Morgan fingerprint density at radius 3 is 2.86 bits per heavy atom. The molecule has 0 unspecified atom stereocenters. The second-order valence-corrected chi connectivity index (χ2v) is 3.75. The minimum atomic E-state index is 0.464. The number of nitrogen functional groups attached to an aromatic ring is 1. The molecule has 0 aromatic carbocycles. The maximum absolute atomic E-state index is 5.71. The molecule has 0 spiro atoms. The van der Waals surface area contributed by atoms with Crippen molar-refractivity contribution in [2.24, 2.45) is 0 Å². The molecule has 1 aromatic heterocycles. The van der Waals surface area contributed by atoms with Crippen molar-refractivity contribution in [3.8, 4) is 0 Å². The summed E-state index contributed by atoms with van der Waals surface area (Å²) in [5.41, 5.74) is 5.69. The Morgan fingerprint density at radius 2 is 2.36 bits per heavy atom. The summed E-state index contributed by atoms with van der Waals surface area (Å²) >= 11 is 5.71. The van der Waals surface area contributed by atoms with E-state index in [1.54, 1.807) is 10.7 Å². The van der Waals surface area contributed by atoms with Crippen LogP contribution in [0.5, 0.6) is 0 Å². The van der Waals surface area contributed by atoms with Gasteiger partial charge in [0.25, 0.3) is 0 Å². The maximum atomic E-state index is 5.71. The highest BCUT2D eigenvalue weighted by Crippen LogP contribution is 2.11. The van der Waals surface area contributed by atoms with E-state index in [1.165, 1.54) is 0 Å². The van der Waals surface area contributed by atoms with Crippen LogP contribution in [0.15, 0.2) is 6.07 Å². The normalized spacial score (nSPS) is 11.1. The lowest BCUT2D eigenvalue weighted by Gasteiger charge is -2.13. The first-order chi connectivity index (χ1) is 6.63. The van der Waals surface area contributed by atoms with Crippen LogP contribution in [0.1, 0.15) is 13.3 Å². The zero-order valence-corrected chi connectivity index (χ0v) is 9.46. The summed E-state index contributed by atoms with van der Waals surface area (Å²) in [6, 6.07) is 1.67. The maximum Gasteiger partial charge on any atom is 0.153 e. The molecule has 0 atom stereocenters. The van der Waals surface area contributed by atoms with E-state index in [1.807, 2.05) is 0 Å². The predicted octanol–water partition coefficient (Wildman–Crippen LogP) is 1.46. The Bertz CT molecular complexity index is 284. The number of hydrogen-bond donors (Lipinski definition) is 1. The van der Waals surface area contributed by atoms with Gasteiger partial charge >= 0.3 is 0 Å². The van der Waals surface area contributed by atoms with Gasteiger partial charge in [-0.25, -0.2) is 4.68 Å². The molecule has 1 rings (SSSR count). The first-order valence-corrected chi connectivity index (χ1v) is 5.18. The summed E-state index contributed by atoms with van der Waals surface area (Å²) < 4.78 is 1.74. The molecule has 0 aliphatic carbocycles. The van der Waals surface area contributed by atoms with Gasteiger partial charge in [-0.15, -0.1) is 0 Å². The lowest BCUT2D eigenvalue weighted by atomic mass is 10.4. The summed E-state index contributed by atoms with van der Waals surface area (Å²) in [5, 5.41) is 4.54. The van der Waals surface area contributed by atoms with Crippen LogP contribution in [-0.4, -0.2) is 34.8 Å². The quantitative estimate of drug-likeness (QED) is 0.811. The van der Waals surface area contributed by atoms with Gasteiger partial charge in [-0.05, 0) is 26.6 Å². The highest BCUT2D eigenvalue weighted by molar-refractivity contribution is 6.29. The standard InChI is InChI=1S/C9H17ClN4/c1-3-13(2)5-4-6-14-9(11)7-8(10)12-14/h7H,3-6,11H2,1-2H3. The van der Waals surface area contributed by atoms with Gasteiger partial charge in [0, 0.05) is 12.6 Å². The molecule has 1 heterocycles. The van der Waals surface area contributed by atoms with Gasteiger partial charge in [-0.2, -0.15) is 5.10 Å². The molecule has 5 heteroatoms. The Balaban J connectivity index is 2.34. The SMILES string of the molecule is CCN(C)CCCn1nc(Cl)cc1N. The van der Waals surface area contributed by atoms with Crippen molar-refractivity contribution in [1.82, 2.24) is 14.7 Å². The number of anilines is 1. The molecule has 0 bridgehead atoms. The number of nitrogens with two attached hydrogens (primary N) is 1. The predicted molar refractivity (Wildman–Crippen MR) is 59.4 cm³/mol. The lowest BCUT2D eigenvalue weighted by molar-refractivity contribution is 0.335. The average Bonchev–Trinajstić information content (AvgIpc) is 2.45. The summed E-state index contributed by atoms with van der Waals surface area (Å²) in [6.07, 6.45) is 1.03. The van der Waals surface area contributed by atoms with E-state index in [0.29, 0.717) is 11.0 Å². The molecule has 4 nitrogen and oxygen atoms in total. The molecule has 0 aliphatic heterocycles. The van der Waals surface area contributed by atoms with Gasteiger partial charge in [0.15, 0.2) is 5.15 Å². The monoisotopic (exact) mass is 216 g/mol. The van der Waals surface area contributed by atoms with Crippen molar-refractivity contribution in [3.05, 3.63) is 11.2 Å². The highest BCUT2D eigenvalue weighted by atomic mass is 35.5. The number of nitrogens with zero attached hydrogens (tertiary/aromatic N) is 3. The molecular formula is C9H17ClN4. The van der Waals surface area contributed by atoms with Gasteiger partial charge in [0.2, 0.25) is 0 Å². The van der Waals surface area contributed by atoms with Crippen molar-refractivity contribution in [3.63, 3.8) is 0 Å². The first-order valence-electron chi connectivity index (χ1n) is 4.81. The Labute approximate surface area is 89.6 Å². The van der Waals surface area contributed by atoms with E-state index in [9.17, 15) is 0 Å². The van der Waals surface area contributed by atoms with Crippen LogP contribution in [0.4, 0.5) is 5.82 Å². The number of hydrogen-bond acceptors (Lipinski definition) is 3. The number of aryl methyl sites for hydroxylation is 1. The van der Waals surface area contributed by atoms with Crippen LogP contribution in [0.2, 0.25) is 5.15 Å². The Morgan fingerprint density at radius 1 is 1.64 bits per heavy atom. The third-order valence-corrected chi connectivity index (χ3v) is 2.42. The molecule has 0 saturated carbocycles. The highest BCUT2D eigenvalue weighted by Gasteiger charge is 2.02. The van der Waals surface area contributed by atoms with Crippen molar-refractivity contribution in [2.45, 2.75) is 19.9 Å². The fourth-order valence-corrected chi connectivity index (χ4v) is 1.43. The van der Waals surface area contributed by atoms with E-state index in [2.05, 4.69) is 24.0 Å². The van der Waals surface area contributed by atoms with Crippen molar-refractivity contribution in [2.75, 3.05) is 25.9 Å². The molecule has 1 aromatic rings. The molecule has 0 saturated heterocycles. The third kappa shape index (κ3) is 3.20. The van der Waals surface area contributed by atoms with Gasteiger partial charge in [-0.3, -0.25) is 0 Å². The lowest BCUT2D eigenvalue weighted by Crippen LogP contribution is -2.20. The van der Waals surface area contributed by atoms with Gasteiger partial charge in [0.05, 0.1) is 0 Å². The number of halogens is 1. The Hall–Kier alpha value is -0.740. The largest absolute Gasteiger partial charge is 0.384 e. The minimum Gasteiger partial charge on any atom is -0.384 e. The minimum absolute atomic E-state index is 0.464. The second-order valence-electron chi connectivity index (χ2n) is 3.36. The van der Waals surface area contributed by atoms with Crippen LogP contribution in [0, 0.1) is 0 Å². The van der Waals surface area contributed by atoms with Gasteiger partial charge in [-0.1, -0.05) is 18.5 Å². The molecule has 0 aliphatic rings. The van der Waals surface area contributed by atoms with Crippen LogP contribution in [-0.2, 0) is 6.54 Å². The molecular weight excluding hydrogens is 200 g/mol. The smallest absolute Gasteiger partial charge is 0.153 e. The molecule has 2 N–H and O–H groups in total. The van der Waals surface area contributed by atoms with Crippen LogP contribution in [0.25, 0.3) is 0 Å². The topological polar surface area (TPSA) is 47.1 Å². The van der Waals surface area contributed by atoms with E-state index < -0.39 is 0 Å². The Kier molecular flexibility index (Phi) is 4.22. The van der Waals surface area contributed by atoms with Crippen LogP contribution < -0.4 is 5.73 Å². The van der Waals surface area contributed by atoms with E-state index in [0.717, 1.165) is 26.1 Å². The third-order valence-electron chi connectivity index (χ3n) is 2.23. The first kappa shape index (κ1) is 11.3. The fraction of sp³-hybridized carbons (Fsp3) is 0.667. The van der Waals surface area contributed by atoms with Gasteiger partial charge < -0.3 is 10.6 Å². The zero-order valence-electron chi connectivity index (χ0n) is 8.70. The van der Waals surface area contributed by atoms with Gasteiger partial charge in [0.1, 0.15) is 5.82 Å². The van der Waals surface area contributed by atoms with E-state index in [4.69, 9.17) is 17.3 Å². The summed E-state index contributed by atoms with van der Waals surface area (Å²) in [4.78, 5) is 2.25. The van der Waals surface area contributed by atoms with E-state index >= 15 is 0 Å². The summed E-state index contributed by atoms with van der Waals surface area (Å²) in [7, 11) is 2.10. The molecule has 0 radical (unpaired) electrons. The molecule has 0 fully saturated rings. The molecule has 14 heavy (non-hydrogen) atoms. The van der Waals surface area contributed by atoms with Crippen molar-refractivity contribution < 1.29 is 0 Å². The molecule has 80 valence electrons. The molecule has 0 amide bonds. The van der Waals surface area contributed by atoms with E-state index in [-0.39, 0.29) is 0 Å². The van der Waals surface area contributed by atoms with Crippen molar-refractivity contribution >= 4 is 17.4 Å². The summed E-state index contributed by atoms with van der Waals surface area (Å²) in [5.74, 6) is 0.633. The van der Waals surface area contributed by atoms with Crippen LogP contribution in [0.3, 0.4) is 0 Å². The average molecular weight is 217 g/mol. The second kappa shape index (κ2) is 5.22. The van der Waals surface area contributed by atoms with Crippen molar-refractivity contribution in [1.29, 1.82) is 0 Å².